The fourth-order valence-electron chi connectivity index (χ4n) is 2.73. The molecule has 0 aliphatic carbocycles. The summed E-state index contributed by atoms with van der Waals surface area (Å²) in [6, 6.07) is 11.4. The molecule has 2 rings (SSSR count). The fourth-order valence-corrected chi connectivity index (χ4v) is 2.86. The molecule has 0 aliphatic heterocycles. The second-order valence-electron chi connectivity index (χ2n) is 6.34. The number of rotatable bonds is 9. The number of carbonyl (C=O) groups excluding carboxylic acids is 2. The van der Waals surface area contributed by atoms with Crippen molar-refractivity contribution in [3.63, 3.8) is 0 Å². The number of nitrogens with one attached hydrogen (secondary N) is 1. The van der Waals surface area contributed by atoms with Gasteiger partial charge in [0.25, 0.3) is 5.91 Å². The van der Waals surface area contributed by atoms with Gasteiger partial charge in [-0.2, -0.15) is 5.26 Å². The Morgan fingerprint density at radius 3 is 2.55 bits per heavy atom. The van der Waals surface area contributed by atoms with Crippen LogP contribution in [-0.4, -0.2) is 18.5 Å². The van der Waals surface area contributed by atoms with Crippen LogP contribution < -0.4 is 20.5 Å². The molecule has 2 aromatic rings. The number of hydrogen-bond acceptors (Lipinski definition) is 5. The lowest BCUT2D eigenvalue weighted by atomic mass is 10.0. The molecule has 0 aliphatic rings. The van der Waals surface area contributed by atoms with Gasteiger partial charge >= 0.3 is 6.03 Å². The molecule has 160 valence electrons. The Labute approximate surface area is 185 Å². The van der Waals surface area contributed by atoms with E-state index in [0.717, 1.165) is 11.1 Å². The summed E-state index contributed by atoms with van der Waals surface area (Å²) in [7, 11) is 0. The lowest BCUT2D eigenvalue weighted by Gasteiger charge is -2.17. The van der Waals surface area contributed by atoms with Gasteiger partial charge in [-0.05, 0) is 54.8 Å². The molecular weight excluding hydrogens is 418 g/mol. The summed E-state index contributed by atoms with van der Waals surface area (Å²) >= 11 is 5.93. The normalized spacial score (nSPS) is 10.7. The highest BCUT2D eigenvalue weighted by molar-refractivity contribution is 6.30. The highest BCUT2D eigenvalue weighted by atomic mass is 35.5. The maximum atomic E-state index is 12.0. The number of hydrogen-bond donors (Lipinski definition) is 2. The van der Waals surface area contributed by atoms with Gasteiger partial charge in [-0.25, -0.2) is 4.79 Å². The average molecular weight is 440 g/mol. The third-order valence-corrected chi connectivity index (χ3v) is 4.28. The van der Waals surface area contributed by atoms with E-state index in [2.05, 4.69) is 6.58 Å². The van der Waals surface area contributed by atoms with Gasteiger partial charge in [0.2, 0.25) is 0 Å². The third-order valence-electron chi connectivity index (χ3n) is 4.03. The minimum atomic E-state index is -1.04. The van der Waals surface area contributed by atoms with Gasteiger partial charge in [-0.15, -0.1) is 6.58 Å². The molecule has 0 spiro atoms. The molecule has 0 aromatic heterocycles. The summed E-state index contributed by atoms with van der Waals surface area (Å²) < 4.78 is 11.8. The van der Waals surface area contributed by atoms with Crippen LogP contribution in [0, 0.1) is 11.3 Å². The number of primary amides is 1. The Kier molecular flexibility index (Phi) is 8.67. The van der Waals surface area contributed by atoms with Crippen molar-refractivity contribution in [1.82, 2.24) is 5.32 Å². The van der Waals surface area contributed by atoms with Crippen LogP contribution in [0.2, 0.25) is 5.02 Å². The monoisotopic (exact) mass is 439 g/mol. The standard InChI is InChI=1S/C23H22ClN3O4/c1-3-5-17-10-16(11-18(13-25)22(28)27-23(26)29)12-20(30-4-2)21(17)31-14-15-6-8-19(24)9-7-15/h3,6-12H,1,4-5,14H2,2H3,(H3,26,27,28,29)/b18-11-. The van der Waals surface area contributed by atoms with Crippen molar-refractivity contribution in [3.05, 3.63) is 76.3 Å². The molecule has 2 aromatic carbocycles. The number of imide groups is 1. The molecule has 0 bridgehead atoms. The number of amides is 3. The van der Waals surface area contributed by atoms with Crippen LogP contribution in [0.5, 0.6) is 11.5 Å². The second kappa shape index (κ2) is 11.4. The quantitative estimate of drug-likeness (QED) is 0.346. The predicted octanol–water partition coefficient (Wildman–Crippen LogP) is 4.15. The average Bonchev–Trinajstić information content (AvgIpc) is 2.72. The highest BCUT2D eigenvalue weighted by Gasteiger charge is 2.16. The van der Waals surface area contributed by atoms with Crippen LogP contribution in [0.15, 0.2) is 54.6 Å². The minimum absolute atomic E-state index is 0.277. The number of nitriles is 1. The first kappa shape index (κ1) is 23.5. The summed E-state index contributed by atoms with van der Waals surface area (Å²) in [6.07, 6.45) is 3.52. The molecule has 0 atom stereocenters. The molecule has 0 fully saturated rings. The zero-order valence-corrected chi connectivity index (χ0v) is 17.7. The first-order valence-electron chi connectivity index (χ1n) is 9.38. The van der Waals surface area contributed by atoms with Crippen molar-refractivity contribution in [2.24, 2.45) is 5.73 Å². The molecule has 3 N–H and O–H groups in total. The third kappa shape index (κ3) is 6.91. The summed E-state index contributed by atoms with van der Waals surface area (Å²) in [5.41, 5.74) is 6.88. The predicted molar refractivity (Wildman–Crippen MR) is 119 cm³/mol. The number of allylic oxidation sites excluding steroid dienone is 1. The van der Waals surface area contributed by atoms with E-state index in [0.29, 0.717) is 41.7 Å². The zero-order valence-electron chi connectivity index (χ0n) is 17.0. The van der Waals surface area contributed by atoms with Gasteiger partial charge < -0.3 is 15.2 Å². The smallest absolute Gasteiger partial charge is 0.319 e. The molecule has 0 heterocycles. The van der Waals surface area contributed by atoms with E-state index >= 15 is 0 Å². The van der Waals surface area contributed by atoms with E-state index in [1.165, 1.54) is 6.08 Å². The number of ether oxygens (including phenoxy) is 2. The maximum absolute atomic E-state index is 12.0. The SMILES string of the molecule is C=CCc1cc(/C=C(/C#N)C(=O)NC(N)=O)cc(OCC)c1OCc1ccc(Cl)cc1. The Hall–Kier alpha value is -3.76. The van der Waals surface area contributed by atoms with Gasteiger partial charge in [-0.3, -0.25) is 10.1 Å². The largest absolute Gasteiger partial charge is 0.490 e. The molecule has 8 heteroatoms. The van der Waals surface area contributed by atoms with Crippen molar-refractivity contribution in [2.75, 3.05) is 6.61 Å². The van der Waals surface area contributed by atoms with Crippen LogP contribution in [0.3, 0.4) is 0 Å². The topological polar surface area (TPSA) is 114 Å². The number of urea groups is 1. The number of benzene rings is 2. The van der Waals surface area contributed by atoms with Gasteiger partial charge in [0, 0.05) is 10.6 Å². The van der Waals surface area contributed by atoms with Crippen molar-refractivity contribution < 1.29 is 19.1 Å². The first-order chi connectivity index (χ1) is 14.9. The van der Waals surface area contributed by atoms with Crippen LogP contribution >= 0.6 is 11.6 Å². The second-order valence-corrected chi connectivity index (χ2v) is 6.77. The van der Waals surface area contributed by atoms with Gasteiger partial charge in [0.05, 0.1) is 6.61 Å². The van der Waals surface area contributed by atoms with Crippen LogP contribution in [0.4, 0.5) is 4.79 Å². The fraction of sp³-hybridized carbons (Fsp3) is 0.174. The summed E-state index contributed by atoms with van der Waals surface area (Å²) in [6.45, 7) is 6.28. The van der Waals surface area contributed by atoms with E-state index in [1.54, 1.807) is 36.4 Å². The minimum Gasteiger partial charge on any atom is -0.490 e. The lowest BCUT2D eigenvalue weighted by molar-refractivity contribution is -0.115. The van der Waals surface area contributed by atoms with Crippen LogP contribution in [0.1, 0.15) is 23.6 Å². The summed E-state index contributed by atoms with van der Waals surface area (Å²) in [5, 5.41) is 11.8. The molecule has 0 unspecified atom stereocenters. The van der Waals surface area contributed by atoms with E-state index in [4.69, 9.17) is 26.8 Å². The van der Waals surface area contributed by atoms with Crippen molar-refractivity contribution in [2.45, 2.75) is 20.0 Å². The molecule has 0 radical (unpaired) electrons. The van der Waals surface area contributed by atoms with E-state index in [9.17, 15) is 14.9 Å². The van der Waals surface area contributed by atoms with E-state index in [-0.39, 0.29) is 5.57 Å². The number of halogens is 1. The van der Waals surface area contributed by atoms with Gasteiger partial charge in [0.1, 0.15) is 18.2 Å². The molecule has 3 amide bonds. The molecule has 0 saturated carbocycles. The van der Waals surface area contributed by atoms with Crippen molar-refractivity contribution >= 4 is 29.6 Å². The maximum Gasteiger partial charge on any atom is 0.319 e. The van der Waals surface area contributed by atoms with E-state index < -0.39 is 11.9 Å². The van der Waals surface area contributed by atoms with Crippen LogP contribution in [0.25, 0.3) is 6.08 Å². The Bertz CT molecular complexity index is 1040. The van der Waals surface area contributed by atoms with Crippen LogP contribution in [-0.2, 0) is 17.8 Å². The molecule has 31 heavy (non-hydrogen) atoms. The van der Waals surface area contributed by atoms with Gasteiger partial charge in [0.15, 0.2) is 11.5 Å². The Morgan fingerprint density at radius 1 is 1.26 bits per heavy atom. The number of nitrogens with two attached hydrogens (primary N) is 1. The van der Waals surface area contributed by atoms with E-state index in [1.807, 2.05) is 24.4 Å². The van der Waals surface area contributed by atoms with Gasteiger partial charge in [-0.1, -0.05) is 29.8 Å². The van der Waals surface area contributed by atoms with Crippen molar-refractivity contribution in [1.29, 1.82) is 5.26 Å². The molecule has 7 nitrogen and oxygen atoms in total. The lowest BCUT2D eigenvalue weighted by Crippen LogP contribution is -2.35. The number of nitrogens with zero attached hydrogens (tertiary/aromatic N) is 1. The number of carbonyl (C=O) groups is 2. The summed E-state index contributed by atoms with van der Waals surface area (Å²) in [4.78, 5) is 22.9. The molecule has 0 saturated heterocycles. The highest BCUT2D eigenvalue weighted by Crippen LogP contribution is 2.35. The first-order valence-corrected chi connectivity index (χ1v) is 9.76. The zero-order chi connectivity index (χ0) is 22.8. The van der Waals surface area contributed by atoms with Crippen molar-refractivity contribution in [3.8, 4) is 17.6 Å². The Balaban J connectivity index is 2.43. The summed E-state index contributed by atoms with van der Waals surface area (Å²) in [5.74, 6) is 0.102. The Morgan fingerprint density at radius 2 is 1.97 bits per heavy atom. The molecular formula is C23H22ClN3O4.